The molecule has 134 valence electrons. The number of nitrogens with zero attached hydrogens (tertiary/aromatic N) is 1. The molecule has 0 saturated heterocycles. The summed E-state index contributed by atoms with van der Waals surface area (Å²) < 4.78 is 16.1. The van der Waals surface area contributed by atoms with Gasteiger partial charge in [-0.3, -0.25) is 4.79 Å². The molecule has 1 aromatic heterocycles. The number of ether oxygens (including phenoxy) is 2. The topological polar surface area (TPSA) is 61.6 Å². The quantitative estimate of drug-likeness (QED) is 0.584. The van der Waals surface area contributed by atoms with E-state index in [9.17, 15) is 4.79 Å². The molecule has 5 nitrogen and oxygen atoms in total. The summed E-state index contributed by atoms with van der Waals surface area (Å²) in [7, 11) is 1.37. The van der Waals surface area contributed by atoms with E-state index in [2.05, 4.69) is 9.72 Å². The fourth-order valence-electron chi connectivity index (χ4n) is 2.45. The van der Waals surface area contributed by atoms with Crippen LogP contribution in [0.15, 0.2) is 52.9 Å². The minimum absolute atomic E-state index is 0.225. The van der Waals surface area contributed by atoms with Gasteiger partial charge in [-0.25, -0.2) is 4.98 Å². The number of carbonyl (C=O) groups is 1. The third-order valence-corrected chi connectivity index (χ3v) is 4.02. The molecule has 0 radical (unpaired) electrons. The average Bonchev–Trinajstić information content (AvgIpc) is 3.07. The van der Waals surface area contributed by atoms with Crippen LogP contribution in [0.2, 0.25) is 5.02 Å². The van der Waals surface area contributed by atoms with Crippen LogP contribution in [-0.4, -0.2) is 24.7 Å². The van der Waals surface area contributed by atoms with Crippen molar-refractivity contribution in [3.05, 3.63) is 59.1 Å². The van der Waals surface area contributed by atoms with Crippen molar-refractivity contribution in [2.45, 2.75) is 13.3 Å². The summed E-state index contributed by atoms with van der Waals surface area (Å²) in [5.74, 6) is 0.531. The van der Waals surface area contributed by atoms with Crippen LogP contribution in [0, 0.1) is 0 Å². The Morgan fingerprint density at radius 1 is 1.08 bits per heavy atom. The van der Waals surface area contributed by atoms with E-state index in [0.29, 0.717) is 29.2 Å². The third-order valence-electron chi connectivity index (χ3n) is 3.77. The molecule has 0 fully saturated rings. The zero-order valence-electron chi connectivity index (χ0n) is 14.5. The standard InChI is InChI=1S/C20H18ClNO4/c1-3-25-20-18(14-8-10-16(21)11-9-14)22-19(26-20)15-6-4-13(5-7-15)12-17(23)24-2/h4-11H,3,12H2,1-2H3. The Hall–Kier alpha value is -2.79. The lowest BCUT2D eigenvalue weighted by Gasteiger charge is -2.01. The normalized spacial score (nSPS) is 10.6. The van der Waals surface area contributed by atoms with Crippen LogP contribution in [0.4, 0.5) is 0 Å². The number of esters is 1. The van der Waals surface area contributed by atoms with E-state index in [1.807, 2.05) is 43.3 Å². The first-order chi connectivity index (χ1) is 12.6. The van der Waals surface area contributed by atoms with E-state index in [1.54, 1.807) is 12.1 Å². The smallest absolute Gasteiger partial charge is 0.313 e. The molecule has 0 aliphatic heterocycles. The molecular formula is C20H18ClNO4. The van der Waals surface area contributed by atoms with Crippen molar-refractivity contribution in [1.82, 2.24) is 4.98 Å². The Morgan fingerprint density at radius 3 is 2.35 bits per heavy atom. The van der Waals surface area contributed by atoms with Gasteiger partial charge in [0, 0.05) is 16.1 Å². The van der Waals surface area contributed by atoms with Crippen LogP contribution >= 0.6 is 11.6 Å². The highest BCUT2D eigenvalue weighted by Gasteiger charge is 2.18. The second-order valence-electron chi connectivity index (χ2n) is 5.54. The van der Waals surface area contributed by atoms with Gasteiger partial charge in [0.1, 0.15) is 0 Å². The molecule has 0 amide bonds. The van der Waals surface area contributed by atoms with E-state index < -0.39 is 0 Å². The van der Waals surface area contributed by atoms with Crippen LogP contribution in [0.3, 0.4) is 0 Å². The highest BCUT2D eigenvalue weighted by Crippen LogP contribution is 2.35. The summed E-state index contributed by atoms with van der Waals surface area (Å²) in [4.78, 5) is 15.9. The van der Waals surface area contributed by atoms with E-state index in [4.69, 9.17) is 20.8 Å². The van der Waals surface area contributed by atoms with Crippen molar-refractivity contribution in [1.29, 1.82) is 0 Å². The van der Waals surface area contributed by atoms with Crippen LogP contribution in [0.25, 0.3) is 22.7 Å². The Kier molecular flexibility index (Phi) is 5.58. The van der Waals surface area contributed by atoms with Crippen LogP contribution in [0.5, 0.6) is 5.95 Å². The Labute approximate surface area is 156 Å². The highest BCUT2D eigenvalue weighted by atomic mass is 35.5. The van der Waals surface area contributed by atoms with E-state index in [0.717, 1.165) is 16.7 Å². The van der Waals surface area contributed by atoms with Gasteiger partial charge < -0.3 is 13.9 Å². The van der Waals surface area contributed by atoms with Gasteiger partial charge in [-0.1, -0.05) is 35.9 Å². The van der Waals surface area contributed by atoms with E-state index in [-0.39, 0.29) is 12.4 Å². The molecule has 2 aromatic carbocycles. The number of rotatable bonds is 6. The largest absolute Gasteiger partial charge is 0.469 e. The van der Waals surface area contributed by atoms with Gasteiger partial charge in [0.25, 0.3) is 0 Å². The minimum atomic E-state index is -0.280. The van der Waals surface area contributed by atoms with Crippen molar-refractivity contribution in [3.63, 3.8) is 0 Å². The Morgan fingerprint density at radius 2 is 1.73 bits per heavy atom. The SMILES string of the molecule is CCOc1oc(-c2ccc(CC(=O)OC)cc2)nc1-c1ccc(Cl)cc1. The average molecular weight is 372 g/mol. The maximum Gasteiger partial charge on any atom is 0.313 e. The molecule has 3 aromatic rings. The second-order valence-corrected chi connectivity index (χ2v) is 5.98. The van der Waals surface area contributed by atoms with Crippen LogP contribution in [0.1, 0.15) is 12.5 Å². The number of hydrogen-bond donors (Lipinski definition) is 0. The van der Waals surface area contributed by atoms with Gasteiger partial charge in [0.15, 0.2) is 5.69 Å². The maximum atomic E-state index is 11.4. The lowest BCUT2D eigenvalue weighted by atomic mass is 10.1. The first kappa shape index (κ1) is 18.0. The molecule has 0 atom stereocenters. The van der Waals surface area contributed by atoms with Gasteiger partial charge in [-0.15, -0.1) is 0 Å². The maximum absolute atomic E-state index is 11.4. The van der Waals surface area contributed by atoms with Crippen molar-refractivity contribution in [2.24, 2.45) is 0 Å². The summed E-state index contributed by atoms with van der Waals surface area (Å²) in [6.07, 6.45) is 0.225. The Bertz CT molecular complexity index is 885. The summed E-state index contributed by atoms with van der Waals surface area (Å²) in [6, 6.07) is 14.7. The van der Waals surface area contributed by atoms with Gasteiger partial charge >= 0.3 is 11.9 Å². The van der Waals surface area contributed by atoms with Crippen molar-refractivity contribution in [2.75, 3.05) is 13.7 Å². The lowest BCUT2D eigenvalue weighted by molar-refractivity contribution is -0.139. The highest BCUT2D eigenvalue weighted by molar-refractivity contribution is 6.30. The summed E-state index contributed by atoms with van der Waals surface area (Å²) >= 11 is 5.95. The summed E-state index contributed by atoms with van der Waals surface area (Å²) in [6.45, 7) is 2.35. The van der Waals surface area contributed by atoms with Crippen LogP contribution in [-0.2, 0) is 16.0 Å². The van der Waals surface area contributed by atoms with Gasteiger partial charge in [0.2, 0.25) is 5.89 Å². The van der Waals surface area contributed by atoms with Gasteiger partial charge in [-0.2, -0.15) is 0 Å². The molecule has 6 heteroatoms. The fourth-order valence-corrected chi connectivity index (χ4v) is 2.58. The molecule has 0 N–H and O–H groups in total. The molecule has 3 rings (SSSR count). The number of oxazole rings is 1. The number of aromatic nitrogens is 1. The zero-order valence-corrected chi connectivity index (χ0v) is 15.2. The number of benzene rings is 2. The third kappa shape index (κ3) is 4.06. The van der Waals surface area contributed by atoms with Crippen LogP contribution < -0.4 is 4.74 Å². The predicted octanol–water partition coefficient (Wildman–Crippen LogP) is 4.78. The molecule has 0 aliphatic carbocycles. The molecule has 0 unspecified atom stereocenters. The molecular weight excluding hydrogens is 354 g/mol. The molecule has 0 saturated carbocycles. The summed E-state index contributed by atoms with van der Waals surface area (Å²) in [5, 5.41) is 0.650. The molecule has 0 spiro atoms. The van der Waals surface area contributed by atoms with Gasteiger partial charge in [-0.05, 0) is 36.8 Å². The fraction of sp³-hybridized carbons (Fsp3) is 0.200. The van der Waals surface area contributed by atoms with Crippen molar-refractivity contribution >= 4 is 17.6 Å². The van der Waals surface area contributed by atoms with Gasteiger partial charge in [0.05, 0.1) is 20.1 Å². The minimum Gasteiger partial charge on any atom is -0.469 e. The van der Waals surface area contributed by atoms with E-state index >= 15 is 0 Å². The van der Waals surface area contributed by atoms with Crippen molar-refractivity contribution < 1.29 is 18.7 Å². The van der Waals surface area contributed by atoms with Crippen molar-refractivity contribution in [3.8, 4) is 28.7 Å². The Balaban J connectivity index is 1.91. The number of hydrogen-bond acceptors (Lipinski definition) is 5. The number of carbonyl (C=O) groups excluding carboxylic acids is 1. The summed E-state index contributed by atoms with van der Waals surface area (Å²) in [5.41, 5.74) is 3.13. The predicted molar refractivity (Wildman–Crippen MR) is 99.3 cm³/mol. The monoisotopic (exact) mass is 371 g/mol. The molecule has 0 aliphatic rings. The zero-order chi connectivity index (χ0) is 18.5. The van der Waals surface area contributed by atoms with E-state index in [1.165, 1.54) is 7.11 Å². The molecule has 26 heavy (non-hydrogen) atoms. The number of methoxy groups -OCH3 is 1. The first-order valence-corrected chi connectivity index (χ1v) is 8.54. The lowest BCUT2D eigenvalue weighted by Crippen LogP contribution is -2.04. The molecule has 1 heterocycles. The number of halogens is 1. The second kappa shape index (κ2) is 8.06. The molecule has 0 bridgehead atoms. The first-order valence-electron chi connectivity index (χ1n) is 8.16.